The molecule has 0 fully saturated rings. The van der Waals surface area contributed by atoms with Gasteiger partial charge < -0.3 is 0 Å². The van der Waals surface area contributed by atoms with Gasteiger partial charge in [-0.1, -0.05) is 63.8 Å². The van der Waals surface area contributed by atoms with Crippen molar-refractivity contribution >= 4 is 23.3 Å². The number of hydrogen-bond donors (Lipinski definition) is 0. The third-order valence-corrected chi connectivity index (χ3v) is 4.67. The fraction of sp³-hybridized carbons (Fsp3) is 0.440. The Hall–Kier alpha value is -1.73. The van der Waals surface area contributed by atoms with Gasteiger partial charge in [0.05, 0.1) is 17.1 Å². The van der Waals surface area contributed by atoms with E-state index in [0.29, 0.717) is 0 Å². The van der Waals surface area contributed by atoms with E-state index in [0.717, 1.165) is 29.9 Å². The van der Waals surface area contributed by atoms with Crippen molar-refractivity contribution in [2.24, 2.45) is 9.98 Å². The summed E-state index contributed by atoms with van der Waals surface area (Å²) in [6, 6.07) is 17.1. The van der Waals surface area contributed by atoms with Crippen LogP contribution in [0.15, 0.2) is 58.5 Å². The molecule has 0 aliphatic rings. The van der Waals surface area contributed by atoms with Crippen LogP contribution < -0.4 is 0 Å². The average molecular weight is 421 g/mol. The Bertz CT molecular complexity index is 750. The van der Waals surface area contributed by atoms with Crippen LogP contribution in [-0.4, -0.2) is 11.9 Å². The Kier molecular flexibility index (Phi) is 12.4. The van der Waals surface area contributed by atoms with Crippen molar-refractivity contribution in [3.63, 3.8) is 0 Å². The molecule has 2 aromatic carbocycles. The van der Waals surface area contributed by atoms with Gasteiger partial charge in [0.15, 0.2) is 0 Å². The molecule has 0 aromatic heterocycles. The molecule has 2 nitrogen and oxygen atoms in total. The van der Waals surface area contributed by atoms with E-state index in [1.165, 1.54) is 49.7 Å². The molecule has 2 aromatic rings. The zero-order valence-electron chi connectivity index (χ0n) is 17.6. The fourth-order valence-electron chi connectivity index (χ4n) is 3.13. The summed E-state index contributed by atoms with van der Waals surface area (Å²) in [6.07, 6.45) is 11.7. The molecule has 0 atom stereocenters. The number of unbranched alkanes of at least 4 members (excludes halogenated alkanes) is 4. The zero-order valence-corrected chi connectivity index (χ0v) is 18.6. The SMILES string of the molecule is CCCCCc1cccc(N=CC(C)=Nc2cccc(CCCCC)c2)c1.[Ni]. The number of benzene rings is 2. The topological polar surface area (TPSA) is 24.7 Å². The second kappa shape index (κ2) is 14.3. The minimum Gasteiger partial charge on any atom is -0.255 e. The molecule has 0 spiro atoms. The predicted octanol–water partition coefficient (Wildman–Crippen LogP) is 7.64. The van der Waals surface area contributed by atoms with Gasteiger partial charge in [0.25, 0.3) is 0 Å². The largest absolute Gasteiger partial charge is 0.255 e. The molecule has 28 heavy (non-hydrogen) atoms. The molecule has 0 heterocycles. The maximum Gasteiger partial charge on any atom is 0.0636 e. The van der Waals surface area contributed by atoms with Crippen LogP contribution in [0.5, 0.6) is 0 Å². The molecular weight excluding hydrogens is 387 g/mol. The molecule has 0 aliphatic heterocycles. The minimum atomic E-state index is 0. The number of hydrogen-bond acceptors (Lipinski definition) is 2. The Balaban J connectivity index is 0.00000392. The Morgan fingerprint density at radius 1 is 0.786 bits per heavy atom. The van der Waals surface area contributed by atoms with Gasteiger partial charge in [0, 0.05) is 22.7 Å². The van der Waals surface area contributed by atoms with Crippen molar-refractivity contribution in [3.8, 4) is 0 Å². The summed E-state index contributed by atoms with van der Waals surface area (Å²) in [7, 11) is 0. The van der Waals surface area contributed by atoms with Crippen LogP contribution in [0.1, 0.15) is 70.4 Å². The maximum absolute atomic E-state index is 4.71. The third-order valence-electron chi connectivity index (χ3n) is 4.67. The van der Waals surface area contributed by atoms with E-state index in [1.807, 2.05) is 13.1 Å². The van der Waals surface area contributed by atoms with Crippen LogP contribution in [0.2, 0.25) is 0 Å². The number of rotatable bonds is 11. The van der Waals surface area contributed by atoms with E-state index in [9.17, 15) is 0 Å². The van der Waals surface area contributed by atoms with E-state index in [2.05, 4.69) is 67.4 Å². The van der Waals surface area contributed by atoms with Crippen LogP contribution >= 0.6 is 0 Å². The van der Waals surface area contributed by atoms with Crippen molar-refractivity contribution in [1.82, 2.24) is 0 Å². The molecule has 3 heteroatoms. The molecule has 154 valence electrons. The van der Waals surface area contributed by atoms with E-state index in [1.54, 1.807) is 0 Å². The predicted molar refractivity (Wildman–Crippen MR) is 120 cm³/mol. The van der Waals surface area contributed by atoms with Gasteiger partial charge in [-0.25, -0.2) is 0 Å². The summed E-state index contributed by atoms with van der Waals surface area (Å²) in [4.78, 5) is 9.33. The molecule has 0 saturated carbocycles. The second-order valence-corrected chi connectivity index (χ2v) is 7.27. The van der Waals surface area contributed by atoms with E-state index < -0.39 is 0 Å². The molecule has 0 aliphatic carbocycles. The molecule has 0 amide bonds. The van der Waals surface area contributed by atoms with Crippen molar-refractivity contribution in [1.29, 1.82) is 0 Å². The van der Waals surface area contributed by atoms with E-state index in [4.69, 9.17) is 4.99 Å². The first-order valence-corrected chi connectivity index (χ1v) is 10.5. The molecule has 0 radical (unpaired) electrons. The van der Waals surface area contributed by atoms with Crippen LogP contribution in [0, 0.1) is 0 Å². The Morgan fingerprint density at radius 2 is 1.32 bits per heavy atom. The normalized spacial score (nSPS) is 11.6. The van der Waals surface area contributed by atoms with Crippen LogP contribution in [-0.2, 0) is 29.3 Å². The summed E-state index contributed by atoms with van der Waals surface area (Å²) in [5, 5.41) is 0. The van der Waals surface area contributed by atoms with Crippen LogP contribution in [0.4, 0.5) is 11.4 Å². The monoisotopic (exact) mass is 420 g/mol. The first-order valence-electron chi connectivity index (χ1n) is 10.5. The van der Waals surface area contributed by atoms with Crippen molar-refractivity contribution in [2.45, 2.75) is 72.1 Å². The standard InChI is InChI=1S/C25H34N2.Ni/c1-4-6-8-12-22-14-10-16-24(18-22)26-20-21(3)27-25-17-11-15-23(19-25)13-9-7-5-2;/h10-11,14-20H,4-9,12-13H2,1-3H3;. The number of aliphatic imine (C=N–C) groups is 2. The molecule has 2 rings (SSSR count). The minimum absolute atomic E-state index is 0. The quantitative estimate of drug-likeness (QED) is 0.202. The van der Waals surface area contributed by atoms with Gasteiger partial charge in [-0.2, -0.15) is 0 Å². The summed E-state index contributed by atoms with van der Waals surface area (Å²) in [5.41, 5.74) is 5.69. The molecule has 0 unspecified atom stereocenters. The molecular formula is C25H34N2Ni. The summed E-state index contributed by atoms with van der Waals surface area (Å²) >= 11 is 0. The molecule has 0 bridgehead atoms. The van der Waals surface area contributed by atoms with Gasteiger partial charge in [0.1, 0.15) is 0 Å². The smallest absolute Gasteiger partial charge is 0.0636 e. The van der Waals surface area contributed by atoms with Crippen LogP contribution in [0.25, 0.3) is 0 Å². The third kappa shape index (κ3) is 9.46. The Labute approximate surface area is 181 Å². The summed E-state index contributed by atoms with van der Waals surface area (Å²) in [5.74, 6) is 0. The second-order valence-electron chi connectivity index (χ2n) is 7.27. The summed E-state index contributed by atoms with van der Waals surface area (Å²) < 4.78 is 0. The molecule has 0 saturated heterocycles. The fourth-order valence-corrected chi connectivity index (χ4v) is 3.13. The van der Waals surface area contributed by atoms with Crippen molar-refractivity contribution in [2.75, 3.05) is 0 Å². The van der Waals surface area contributed by atoms with Gasteiger partial charge in [-0.15, -0.1) is 0 Å². The number of nitrogens with zero attached hydrogens (tertiary/aromatic N) is 2. The Morgan fingerprint density at radius 3 is 1.89 bits per heavy atom. The van der Waals surface area contributed by atoms with Crippen molar-refractivity contribution < 1.29 is 16.5 Å². The van der Waals surface area contributed by atoms with Gasteiger partial charge in [-0.3, -0.25) is 9.98 Å². The number of aryl methyl sites for hydroxylation is 2. The van der Waals surface area contributed by atoms with Gasteiger partial charge >= 0.3 is 0 Å². The first kappa shape index (κ1) is 24.3. The summed E-state index contributed by atoms with van der Waals surface area (Å²) in [6.45, 7) is 6.49. The first-order chi connectivity index (χ1) is 13.2. The van der Waals surface area contributed by atoms with E-state index in [-0.39, 0.29) is 16.5 Å². The van der Waals surface area contributed by atoms with Gasteiger partial charge in [0.2, 0.25) is 0 Å². The average Bonchev–Trinajstić information content (AvgIpc) is 2.68. The zero-order chi connectivity index (χ0) is 19.3. The molecule has 0 N–H and O–H groups in total. The van der Waals surface area contributed by atoms with E-state index >= 15 is 0 Å². The van der Waals surface area contributed by atoms with Crippen molar-refractivity contribution in [3.05, 3.63) is 59.7 Å². The maximum atomic E-state index is 4.71. The van der Waals surface area contributed by atoms with Gasteiger partial charge in [-0.05, 0) is 68.0 Å². The van der Waals surface area contributed by atoms with Crippen LogP contribution in [0.3, 0.4) is 0 Å².